The van der Waals surface area contributed by atoms with Gasteiger partial charge in [0, 0.05) is 64.0 Å². The van der Waals surface area contributed by atoms with Crippen LogP contribution in [0, 0.1) is 0 Å². The average molecular weight is 672 g/mol. The van der Waals surface area contributed by atoms with E-state index < -0.39 is 0 Å². The van der Waals surface area contributed by atoms with Gasteiger partial charge in [-0.2, -0.15) is 0 Å². The van der Waals surface area contributed by atoms with Crippen molar-refractivity contribution in [2.45, 2.75) is 0 Å². The number of hydrogen-bond acceptors (Lipinski definition) is 6. The van der Waals surface area contributed by atoms with Gasteiger partial charge in [-0.15, -0.1) is 11.3 Å². The molecule has 0 fully saturated rings. The van der Waals surface area contributed by atoms with Gasteiger partial charge in [0.2, 0.25) is 0 Å². The number of benzene rings is 7. The molecule has 0 saturated heterocycles. The van der Waals surface area contributed by atoms with Crippen LogP contribution in [0.3, 0.4) is 0 Å². The Hall–Kier alpha value is -6.63. The third kappa shape index (κ3) is 4.43. The minimum Gasteiger partial charge on any atom is -0.456 e. The molecule has 4 aromatic heterocycles. The fraction of sp³-hybridized carbons (Fsp3) is 0. The molecule has 0 radical (unpaired) electrons. The maximum Gasteiger partial charge on any atom is 0.164 e. The van der Waals surface area contributed by atoms with Gasteiger partial charge in [-0.1, -0.05) is 103 Å². The van der Waals surface area contributed by atoms with Gasteiger partial charge in [-0.3, -0.25) is 0 Å². The van der Waals surface area contributed by atoms with Crippen molar-refractivity contribution in [2.75, 3.05) is 0 Å². The third-order valence-electron chi connectivity index (χ3n) is 9.75. The minimum atomic E-state index is 0.606. The van der Waals surface area contributed by atoms with Crippen molar-refractivity contribution in [3.8, 4) is 45.3 Å². The lowest BCUT2D eigenvalue weighted by atomic mass is 10.00. The van der Waals surface area contributed by atoms with Crippen LogP contribution in [0.25, 0.3) is 109 Å². The number of para-hydroxylation sites is 2. The zero-order chi connectivity index (χ0) is 33.5. The van der Waals surface area contributed by atoms with Crippen LogP contribution in [0.15, 0.2) is 160 Å². The summed E-state index contributed by atoms with van der Waals surface area (Å²) in [6.45, 7) is 0. The summed E-state index contributed by atoms with van der Waals surface area (Å²) in [4.78, 5) is 15.3. The van der Waals surface area contributed by atoms with E-state index in [1.807, 2.05) is 66.7 Å². The van der Waals surface area contributed by atoms with Crippen molar-refractivity contribution >= 4 is 75.4 Å². The zero-order valence-corrected chi connectivity index (χ0v) is 27.8. The van der Waals surface area contributed by atoms with Crippen molar-refractivity contribution in [3.63, 3.8) is 0 Å². The van der Waals surface area contributed by atoms with E-state index in [9.17, 15) is 0 Å². The Morgan fingerprint density at radius 1 is 0.373 bits per heavy atom. The van der Waals surface area contributed by atoms with Gasteiger partial charge in [0.1, 0.15) is 22.3 Å². The van der Waals surface area contributed by atoms with Crippen molar-refractivity contribution in [2.24, 2.45) is 0 Å². The molecule has 11 rings (SSSR count). The van der Waals surface area contributed by atoms with E-state index >= 15 is 0 Å². The van der Waals surface area contributed by atoms with Crippen LogP contribution in [0.1, 0.15) is 0 Å². The second-order valence-electron chi connectivity index (χ2n) is 12.8. The van der Waals surface area contributed by atoms with Crippen LogP contribution in [0.4, 0.5) is 0 Å². The van der Waals surface area contributed by atoms with Gasteiger partial charge in [0.15, 0.2) is 17.5 Å². The Balaban J connectivity index is 1.10. The fourth-order valence-corrected chi connectivity index (χ4v) is 8.49. The van der Waals surface area contributed by atoms with Gasteiger partial charge in [-0.25, -0.2) is 15.0 Å². The Kier molecular flexibility index (Phi) is 6.05. The van der Waals surface area contributed by atoms with Gasteiger partial charge in [0.25, 0.3) is 0 Å². The normalized spacial score (nSPS) is 11.9. The molecule has 0 unspecified atom stereocenters. The summed E-state index contributed by atoms with van der Waals surface area (Å²) in [5.74, 6) is 1.88. The summed E-state index contributed by atoms with van der Waals surface area (Å²) >= 11 is 1.79. The van der Waals surface area contributed by atoms with Gasteiger partial charge < -0.3 is 8.83 Å². The first-order chi connectivity index (χ1) is 25.2. The van der Waals surface area contributed by atoms with Crippen LogP contribution in [-0.2, 0) is 0 Å². The molecule has 0 aliphatic rings. The zero-order valence-electron chi connectivity index (χ0n) is 27.0. The van der Waals surface area contributed by atoms with Crippen molar-refractivity contribution in [1.82, 2.24) is 15.0 Å². The van der Waals surface area contributed by atoms with E-state index in [4.69, 9.17) is 23.8 Å². The Labute approximate surface area is 295 Å². The standard InChI is InChI=1S/C45H25N3O2S/c1-2-10-26(11-3-1)43-46-44(48-45(47-43)33-16-9-19-40-41(33)32-13-5-7-18-39(32)51-40)28-21-23-38-35(25-28)34-24-27(20-22-37(34)49-38)29-14-8-15-31-30-12-4-6-17-36(30)50-42(29)31/h1-25H. The molecule has 6 heteroatoms. The first-order valence-electron chi connectivity index (χ1n) is 16.8. The van der Waals surface area contributed by atoms with E-state index in [0.717, 1.165) is 77.1 Å². The monoisotopic (exact) mass is 671 g/mol. The summed E-state index contributed by atoms with van der Waals surface area (Å²) < 4.78 is 15.2. The predicted octanol–water partition coefficient (Wildman–Crippen LogP) is 12.7. The lowest BCUT2D eigenvalue weighted by molar-refractivity contribution is 0.668. The van der Waals surface area contributed by atoms with Gasteiger partial charge in [0.05, 0.1) is 0 Å². The average Bonchev–Trinajstić information content (AvgIpc) is 3.89. The molecule has 0 amide bonds. The minimum absolute atomic E-state index is 0.606. The summed E-state index contributed by atoms with van der Waals surface area (Å²) in [6.07, 6.45) is 0. The summed E-state index contributed by atoms with van der Waals surface area (Å²) in [5, 5.41) is 6.60. The highest BCUT2D eigenvalue weighted by atomic mass is 32.1. The molecular weight excluding hydrogens is 647 g/mol. The Morgan fingerprint density at radius 3 is 1.84 bits per heavy atom. The lowest BCUT2D eigenvalue weighted by Gasteiger charge is -2.09. The highest BCUT2D eigenvalue weighted by Gasteiger charge is 2.19. The highest BCUT2D eigenvalue weighted by Crippen LogP contribution is 2.41. The first-order valence-corrected chi connectivity index (χ1v) is 17.7. The van der Waals surface area contributed by atoms with Crippen LogP contribution < -0.4 is 0 Å². The molecule has 0 aliphatic carbocycles. The molecular formula is C45H25N3O2S. The summed E-state index contributed by atoms with van der Waals surface area (Å²) in [6, 6.07) is 52.1. The molecule has 0 bridgehead atoms. The van der Waals surface area contributed by atoms with E-state index in [1.165, 1.54) is 14.8 Å². The molecule has 0 N–H and O–H groups in total. The molecule has 5 nitrogen and oxygen atoms in total. The quantitative estimate of drug-likeness (QED) is 0.186. The van der Waals surface area contributed by atoms with E-state index in [2.05, 4.69) is 84.9 Å². The van der Waals surface area contributed by atoms with Crippen LogP contribution in [-0.4, -0.2) is 15.0 Å². The van der Waals surface area contributed by atoms with Gasteiger partial charge >= 0.3 is 0 Å². The molecule has 0 aliphatic heterocycles. The fourth-order valence-electron chi connectivity index (χ4n) is 7.36. The largest absolute Gasteiger partial charge is 0.456 e. The second kappa shape index (κ2) is 10.9. The van der Waals surface area contributed by atoms with Gasteiger partial charge in [-0.05, 0) is 54.1 Å². The summed E-state index contributed by atoms with van der Waals surface area (Å²) in [7, 11) is 0. The summed E-state index contributed by atoms with van der Waals surface area (Å²) in [5.41, 5.74) is 8.30. The number of fused-ring (bicyclic) bond motifs is 9. The maximum atomic E-state index is 6.39. The van der Waals surface area contributed by atoms with Crippen LogP contribution in [0.5, 0.6) is 0 Å². The maximum absolute atomic E-state index is 6.39. The molecule has 0 saturated carbocycles. The number of thiophene rings is 1. The molecule has 0 atom stereocenters. The smallest absolute Gasteiger partial charge is 0.164 e. The Morgan fingerprint density at radius 2 is 0.980 bits per heavy atom. The number of furan rings is 2. The molecule has 7 aromatic carbocycles. The first kappa shape index (κ1) is 28.2. The van der Waals surface area contributed by atoms with E-state index in [0.29, 0.717) is 17.5 Å². The molecule has 0 spiro atoms. The molecule has 4 heterocycles. The van der Waals surface area contributed by atoms with Crippen LogP contribution >= 0.6 is 11.3 Å². The third-order valence-corrected chi connectivity index (χ3v) is 10.9. The van der Waals surface area contributed by atoms with Crippen molar-refractivity contribution in [1.29, 1.82) is 0 Å². The Bertz CT molecular complexity index is 3160. The molecule has 11 aromatic rings. The molecule has 238 valence electrons. The SMILES string of the molecule is c1ccc(-c2nc(-c3ccc4oc5ccc(-c6cccc7c6oc6ccccc67)cc5c4c3)nc(-c3cccc4sc5ccccc5c34)n2)cc1. The second-order valence-corrected chi connectivity index (χ2v) is 13.8. The lowest BCUT2D eigenvalue weighted by Crippen LogP contribution is -2.00. The van der Waals surface area contributed by atoms with E-state index in [-0.39, 0.29) is 0 Å². The topological polar surface area (TPSA) is 65.0 Å². The molecule has 51 heavy (non-hydrogen) atoms. The number of nitrogens with zero attached hydrogens (tertiary/aromatic N) is 3. The highest BCUT2D eigenvalue weighted by molar-refractivity contribution is 7.25. The van der Waals surface area contributed by atoms with Crippen LogP contribution in [0.2, 0.25) is 0 Å². The predicted molar refractivity (Wildman–Crippen MR) is 209 cm³/mol. The van der Waals surface area contributed by atoms with Crippen molar-refractivity contribution < 1.29 is 8.83 Å². The number of rotatable bonds is 4. The van der Waals surface area contributed by atoms with Crippen molar-refractivity contribution in [3.05, 3.63) is 152 Å². The van der Waals surface area contributed by atoms with E-state index in [1.54, 1.807) is 11.3 Å². The number of aromatic nitrogens is 3. The number of hydrogen-bond donors (Lipinski definition) is 0.